The number of hydrogen-bond donors (Lipinski definition) is 5. The molecular formula is C10H21N3O6. The Balaban J connectivity index is 3.39. The predicted octanol–water partition coefficient (Wildman–Crippen LogP) is -0.523. The molecule has 0 aliphatic heterocycles. The first-order chi connectivity index (χ1) is 8.93. The van der Waals surface area contributed by atoms with Crippen LogP contribution in [0.5, 0.6) is 0 Å². The smallest absolute Gasteiger partial charge is 0.305 e. The number of carboxylic acids is 1. The third-order valence-corrected chi connectivity index (χ3v) is 2.31. The van der Waals surface area contributed by atoms with Gasteiger partial charge in [-0.3, -0.25) is 24.8 Å². The number of carbonyl (C=O) groups is 2. The number of nitrogens with one attached hydrogen (secondary N) is 1. The molecule has 1 amide bonds. The molecule has 9 nitrogen and oxygen atoms in total. The Morgan fingerprint density at radius 3 is 2.42 bits per heavy atom. The van der Waals surface area contributed by atoms with E-state index in [2.05, 4.69) is 10.2 Å². The molecule has 0 bridgehead atoms. The van der Waals surface area contributed by atoms with Crippen LogP contribution < -0.4 is 11.1 Å². The highest BCUT2D eigenvalue weighted by Gasteiger charge is 2.15. The normalized spacial score (nSPS) is 12.4. The highest BCUT2D eigenvalue weighted by atomic mass is 17.1. The van der Waals surface area contributed by atoms with Crippen LogP contribution in [0.15, 0.2) is 0 Å². The Morgan fingerprint density at radius 1 is 1.21 bits per heavy atom. The van der Waals surface area contributed by atoms with E-state index in [0.29, 0.717) is 13.0 Å². The van der Waals surface area contributed by atoms with Crippen molar-refractivity contribution in [1.82, 2.24) is 10.7 Å². The van der Waals surface area contributed by atoms with E-state index in [1.54, 1.807) is 0 Å². The van der Waals surface area contributed by atoms with Gasteiger partial charge >= 0.3 is 5.97 Å². The Bertz CT molecular complexity index is 274. The lowest BCUT2D eigenvalue weighted by Gasteiger charge is -2.10. The van der Waals surface area contributed by atoms with Crippen LogP contribution in [-0.4, -0.2) is 52.0 Å². The zero-order chi connectivity index (χ0) is 14.7. The molecule has 0 saturated carbocycles. The van der Waals surface area contributed by atoms with Crippen LogP contribution >= 0.6 is 0 Å². The minimum atomic E-state index is -1.11. The van der Waals surface area contributed by atoms with Crippen molar-refractivity contribution in [2.75, 3.05) is 13.2 Å². The van der Waals surface area contributed by atoms with E-state index in [1.165, 1.54) is 0 Å². The molecule has 0 aromatic rings. The summed E-state index contributed by atoms with van der Waals surface area (Å²) in [5.74, 6) is -1.58. The summed E-state index contributed by atoms with van der Waals surface area (Å²) in [5, 5.41) is 27.1. The zero-order valence-electron chi connectivity index (χ0n) is 10.6. The Kier molecular flexibility index (Phi) is 9.94. The topological polar surface area (TPSA) is 145 Å². The number of nitrogens with zero attached hydrogens (tertiary/aromatic N) is 1. The number of unbranched alkanes of at least 4 members (excludes halogenated alkanes) is 3. The van der Waals surface area contributed by atoms with E-state index >= 15 is 0 Å². The number of carbonyl (C=O) groups excluding carboxylic acids is 1. The van der Waals surface area contributed by atoms with Crippen LogP contribution in [0.2, 0.25) is 0 Å². The van der Waals surface area contributed by atoms with Gasteiger partial charge in [-0.15, -0.1) is 0 Å². The van der Waals surface area contributed by atoms with Gasteiger partial charge in [0.25, 0.3) is 0 Å². The maximum absolute atomic E-state index is 11.3. The van der Waals surface area contributed by atoms with Gasteiger partial charge < -0.3 is 16.2 Å². The van der Waals surface area contributed by atoms with E-state index in [9.17, 15) is 9.59 Å². The molecule has 1 unspecified atom stereocenters. The number of carboxylic acid groups (broad SMARTS) is 1. The van der Waals surface area contributed by atoms with Crippen molar-refractivity contribution in [2.45, 2.75) is 38.1 Å². The van der Waals surface area contributed by atoms with Crippen molar-refractivity contribution in [2.24, 2.45) is 5.73 Å². The molecule has 112 valence electrons. The van der Waals surface area contributed by atoms with Gasteiger partial charge in [0.15, 0.2) is 0 Å². The molecule has 1 atom stereocenters. The first kappa shape index (κ1) is 17.7. The fourth-order valence-electron chi connectivity index (χ4n) is 1.35. The molecule has 0 aromatic heterocycles. The van der Waals surface area contributed by atoms with Gasteiger partial charge in [-0.05, 0) is 12.8 Å². The van der Waals surface area contributed by atoms with Crippen LogP contribution in [0, 0.1) is 0 Å². The van der Waals surface area contributed by atoms with Crippen LogP contribution in [0.4, 0.5) is 0 Å². The maximum Gasteiger partial charge on any atom is 0.305 e. The van der Waals surface area contributed by atoms with Crippen LogP contribution in [0.1, 0.15) is 32.1 Å². The summed E-state index contributed by atoms with van der Waals surface area (Å²) in [6.07, 6.45) is 2.64. The van der Waals surface area contributed by atoms with Gasteiger partial charge in [-0.2, -0.15) is 0 Å². The molecule has 0 spiro atoms. The summed E-state index contributed by atoms with van der Waals surface area (Å²) in [7, 11) is 0. The molecule has 19 heavy (non-hydrogen) atoms. The standard InChI is InChI=1S/C10H21N3O6/c11-8(7-9(14)15)10(16)12-5-3-1-2-4-6-19-13(17)18/h8,17-18H,1-7,11H2,(H,12,16)(H,14,15). The van der Waals surface area contributed by atoms with E-state index in [-0.39, 0.29) is 18.4 Å². The molecule has 9 heteroatoms. The van der Waals surface area contributed by atoms with Gasteiger partial charge in [0.1, 0.15) is 0 Å². The monoisotopic (exact) mass is 279 g/mol. The maximum atomic E-state index is 11.3. The number of rotatable bonds is 11. The lowest BCUT2D eigenvalue weighted by atomic mass is 10.2. The van der Waals surface area contributed by atoms with Gasteiger partial charge in [0.2, 0.25) is 5.91 Å². The second-order valence-corrected chi connectivity index (χ2v) is 4.00. The molecule has 6 N–H and O–H groups in total. The molecule has 0 radical (unpaired) electrons. The van der Waals surface area contributed by atoms with E-state index in [4.69, 9.17) is 21.3 Å². The minimum Gasteiger partial charge on any atom is -0.481 e. The second kappa shape index (κ2) is 10.6. The molecule has 0 aliphatic rings. The third kappa shape index (κ3) is 11.6. The zero-order valence-corrected chi connectivity index (χ0v) is 10.6. The van der Waals surface area contributed by atoms with E-state index in [0.717, 1.165) is 19.3 Å². The molecule has 0 rings (SSSR count). The van der Waals surface area contributed by atoms with Crippen LogP contribution in [0.25, 0.3) is 0 Å². The first-order valence-corrected chi connectivity index (χ1v) is 5.99. The van der Waals surface area contributed by atoms with Crippen LogP contribution in [0.3, 0.4) is 0 Å². The van der Waals surface area contributed by atoms with E-state index < -0.39 is 17.9 Å². The van der Waals surface area contributed by atoms with Gasteiger partial charge in [0, 0.05) is 6.54 Å². The van der Waals surface area contributed by atoms with Crippen molar-refractivity contribution in [3.63, 3.8) is 0 Å². The molecule has 0 fully saturated rings. The summed E-state index contributed by atoms with van der Waals surface area (Å²) in [5.41, 5.74) is 5.37. The third-order valence-electron chi connectivity index (χ3n) is 2.31. The fourth-order valence-corrected chi connectivity index (χ4v) is 1.35. The summed E-state index contributed by atoms with van der Waals surface area (Å²) < 4.78 is 0. The number of hydrogen-bond acceptors (Lipinski definition) is 7. The Morgan fingerprint density at radius 2 is 1.84 bits per heavy atom. The molecule has 0 aromatic carbocycles. The fraction of sp³-hybridized carbons (Fsp3) is 0.800. The average molecular weight is 279 g/mol. The second-order valence-electron chi connectivity index (χ2n) is 4.00. The first-order valence-electron chi connectivity index (χ1n) is 5.99. The molecular weight excluding hydrogens is 258 g/mol. The van der Waals surface area contributed by atoms with Gasteiger partial charge in [-0.1, -0.05) is 12.8 Å². The highest BCUT2D eigenvalue weighted by Crippen LogP contribution is 1.99. The molecule has 0 heterocycles. The summed E-state index contributed by atoms with van der Waals surface area (Å²) in [4.78, 5) is 26.0. The van der Waals surface area contributed by atoms with E-state index in [1.807, 2.05) is 0 Å². The SMILES string of the molecule is NC(CC(=O)O)C(=O)NCCCCCCON(O)O. The van der Waals surface area contributed by atoms with Crippen molar-refractivity contribution < 1.29 is 29.9 Å². The predicted molar refractivity (Wildman–Crippen MR) is 63.1 cm³/mol. The van der Waals surface area contributed by atoms with Crippen molar-refractivity contribution in [3.8, 4) is 0 Å². The lowest BCUT2D eigenvalue weighted by molar-refractivity contribution is -0.492. The number of aliphatic carboxylic acids is 1. The van der Waals surface area contributed by atoms with Gasteiger partial charge in [-0.25, -0.2) is 0 Å². The molecule has 0 saturated heterocycles. The van der Waals surface area contributed by atoms with Crippen molar-refractivity contribution in [3.05, 3.63) is 0 Å². The quantitative estimate of drug-likeness (QED) is 0.251. The average Bonchev–Trinajstić information content (AvgIpc) is 2.30. The summed E-state index contributed by atoms with van der Waals surface area (Å²) in [6.45, 7) is 0.627. The lowest BCUT2D eigenvalue weighted by Crippen LogP contribution is -2.42. The van der Waals surface area contributed by atoms with Crippen molar-refractivity contribution in [1.29, 1.82) is 0 Å². The van der Waals surface area contributed by atoms with Gasteiger partial charge in [0.05, 0.1) is 24.5 Å². The number of amides is 1. The van der Waals surface area contributed by atoms with Crippen molar-refractivity contribution >= 4 is 11.9 Å². The summed E-state index contributed by atoms with van der Waals surface area (Å²) >= 11 is 0. The minimum absolute atomic E-state index is 0.197. The van der Waals surface area contributed by atoms with Crippen LogP contribution in [-0.2, 0) is 14.4 Å². The Hall–Kier alpha value is -1.26. The molecule has 0 aliphatic carbocycles. The summed E-state index contributed by atoms with van der Waals surface area (Å²) in [6, 6.07) is -1.02. The Labute approximate surface area is 110 Å². The largest absolute Gasteiger partial charge is 0.481 e. The number of nitrogens with two attached hydrogens (primary N) is 1. The highest BCUT2D eigenvalue weighted by molar-refractivity contribution is 5.85.